The molecule has 0 saturated heterocycles. The van der Waals surface area contributed by atoms with Crippen molar-refractivity contribution in [3.63, 3.8) is 0 Å². The second kappa shape index (κ2) is 7.19. The van der Waals surface area contributed by atoms with Crippen LogP contribution < -0.4 is 0 Å². The fourth-order valence-electron chi connectivity index (χ4n) is 2.96. The fourth-order valence-corrected chi connectivity index (χ4v) is 3.25. The second-order valence-electron chi connectivity index (χ2n) is 5.55. The van der Waals surface area contributed by atoms with Gasteiger partial charge < -0.3 is 0 Å². The quantitative estimate of drug-likeness (QED) is 0.791. The maximum absolute atomic E-state index is 11.4. The molecular weight excluding hydrogens is 314 g/mol. The van der Waals surface area contributed by atoms with Crippen molar-refractivity contribution >= 4 is 21.7 Å². The first kappa shape index (κ1) is 15.5. The van der Waals surface area contributed by atoms with E-state index in [2.05, 4.69) is 58.6 Å². The Bertz CT molecular complexity index is 461. The lowest BCUT2D eigenvalue weighted by molar-refractivity contribution is -0.121. The van der Waals surface area contributed by atoms with E-state index in [1.807, 2.05) is 6.07 Å². The molecule has 0 amide bonds. The van der Waals surface area contributed by atoms with Gasteiger partial charge in [-0.3, -0.25) is 9.69 Å². The van der Waals surface area contributed by atoms with E-state index in [1.165, 1.54) is 5.56 Å². The third kappa shape index (κ3) is 4.03. The van der Waals surface area contributed by atoms with Gasteiger partial charge in [0, 0.05) is 36.0 Å². The minimum atomic E-state index is 0.337. The molecule has 1 aliphatic carbocycles. The van der Waals surface area contributed by atoms with E-state index in [-0.39, 0.29) is 0 Å². The average Bonchev–Trinajstić information content (AvgIpc) is 2.46. The van der Waals surface area contributed by atoms with Gasteiger partial charge in [0.2, 0.25) is 0 Å². The van der Waals surface area contributed by atoms with Crippen LogP contribution in [0.2, 0.25) is 0 Å². The molecule has 1 atom stereocenters. The molecular formula is C17H22BrNO. The normalized spacial score (nSPS) is 18.2. The Balaban J connectivity index is 2.14. The summed E-state index contributed by atoms with van der Waals surface area (Å²) in [7, 11) is 0. The standard InChI is InChI=1S/C17H22BrNO/c1-13(18)12-19(16-8-10-17(20)11-9-16)14(2)15-6-4-3-5-7-15/h3-7,14,16H,1,8-12H2,2H3/t14-/m1/s1. The number of carbonyl (C=O) groups is 1. The van der Waals surface area contributed by atoms with Crippen LogP contribution in [0, 0.1) is 0 Å². The lowest BCUT2D eigenvalue weighted by atomic mass is 9.91. The van der Waals surface area contributed by atoms with Crippen molar-refractivity contribution in [3.05, 3.63) is 47.0 Å². The number of Topliss-reactive ketones (excluding diaryl/α,β-unsaturated/α-hetero) is 1. The molecule has 1 aliphatic rings. The minimum absolute atomic E-state index is 0.337. The molecule has 3 heteroatoms. The molecule has 1 aromatic rings. The molecule has 0 aromatic heterocycles. The summed E-state index contributed by atoms with van der Waals surface area (Å²) in [4.78, 5) is 13.9. The molecule has 0 spiro atoms. The zero-order valence-corrected chi connectivity index (χ0v) is 13.6. The van der Waals surface area contributed by atoms with E-state index in [4.69, 9.17) is 0 Å². The third-order valence-corrected chi connectivity index (χ3v) is 4.37. The first-order valence-electron chi connectivity index (χ1n) is 7.23. The van der Waals surface area contributed by atoms with Crippen LogP contribution in [0.5, 0.6) is 0 Å². The molecule has 1 saturated carbocycles. The van der Waals surface area contributed by atoms with Gasteiger partial charge in [0.25, 0.3) is 0 Å². The lowest BCUT2D eigenvalue weighted by Gasteiger charge is -2.38. The molecule has 0 bridgehead atoms. The Morgan fingerprint density at radius 1 is 1.35 bits per heavy atom. The van der Waals surface area contributed by atoms with E-state index >= 15 is 0 Å². The van der Waals surface area contributed by atoms with E-state index < -0.39 is 0 Å². The zero-order valence-electron chi connectivity index (χ0n) is 12.0. The van der Waals surface area contributed by atoms with Crippen LogP contribution in [-0.2, 0) is 4.79 Å². The van der Waals surface area contributed by atoms with Crippen LogP contribution in [0.1, 0.15) is 44.2 Å². The molecule has 0 aliphatic heterocycles. The highest BCUT2D eigenvalue weighted by molar-refractivity contribution is 9.11. The van der Waals surface area contributed by atoms with Gasteiger partial charge in [0.15, 0.2) is 0 Å². The lowest BCUT2D eigenvalue weighted by Crippen LogP contribution is -2.40. The number of halogens is 1. The second-order valence-corrected chi connectivity index (χ2v) is 6.67. The summed E-state index contributed by atoms with van der Waals surface area (Å²) < 4.78 is 0.997. The third-order valence-electron chi connectivity index (χ3n) is 4.12. The highest BCUT2D eigenvalue weighted by atomic mass is 79.9. The van der Waals surface area contributed by atoms with Gasteiger partial charge in [-0.15, -0.1) is 0 Å². The van der Waals surface area contributed by atoms with Crippen LogP contribution in [-0.4, -0.2) is 23.3 Å². The van der Waals surface area contributed by atoms with Gasteiger partial charge in [-0.1, -0.05) is 52.8 Å². The van der Waals surface area contributed by atoms with Crippen molar-refractivity contribution in [1.82, 2.24) is 4.90 Å². The maximum atomic E-state index is 11.4. The molecule has 0 heterocycles. The smallest absolute Gasteiger partial charge is 0.133 e. The number of nitrogens with zero attached hydrogens (tertiary/aromatic N) is 1. The van der Waals surface area contributed by atoms with Crippen LogP contribution in [0.4, 0.5) is 0 Å². The van der Waals surface area contributed by atoms with Crippen molar-refractivity contribution < 1.29 is 4.79 Å². The van der Waals surface area contributed by atoms with Gasteiger partial charge in [-0.25, -0.2) is 0 Å². The zero-order chi connectivity index (χ0) is 14.5. The summed E-state index contributed by atoms with van der Waals surface area (Å²) in [6.07, 6.45) is 3.38. The van der Waals surface area contributed by atoms with Crippen LogP contribution in [0.25, 0.3) is 0 Å². The summed E-state index contributed by atoms with van der Waals surface area (Å²) in [6, 6.07) is 11.4. The van der Waals surface area contributed by atoms with Gasteiger partial charge >= 0.3 is 0 Å². The number of carbonyl (C=O) groups excluding carboxylic acids is 1. The predicted molar refractivity (Wildman–Crippen MR) is 86.9 cm³/mol. The Kier molecular flexibility index (Phi) is 5.55. The van der Waals surface area contributed by atoms with Crippen molar-refractivity contribution in [1.29, 1.82) is 0 Å². The van der Waals surface area contributed by atoms with Crippen molar-refractivity contribution in [2.45, 2.75) is 44.7 Å². The van der Waals surface area contributed by atoms with Crippen molar-refractivity contribution in [2.24, 2.45) is 0 Å². The number of hydrogen-bond acceptors (Lipinski definition) is 2. The predicted octanol–water partition coefficient (Wildman–Crippen LogP) is 4.47. The van der Waals surface area contributed by atoms with Gasteiger partial charge in [-0.05, 0) is 25.3 Å². The van der Waals surface area contributed by atoms with E-state index in [0.29, 0.717) is 17.9 Å². The average molecular weight is 336 g/mol. The SMILES string of the molecule is C=C(Br)CN(C1CCC(=O)CC1)[C@H](C)c1ccccc1. The molecule has 2 rings (SSSR count). The fraction of sp³-hybridized carbons (Fsp3) is 0.471. The van der Waals surface area contributed by atoms with Crippen molar-refractivity contribution in [2.75, 3.05) is 6.54 Å². The maximum Gasteiger partial charge on any atom is 0.133 e. The number of hydrogen-bond donors (Lipinski definition) is 0. The Morgan fingerprint density at radius 2 is 1.95 bits per heavy atom. The van der Waals surface area contributed by atoms with Crippen molar-refractivity contribution in [3.8, 4) is 0 Å². The van der Waals surface area contributed by atoms with Gasteiger partial charge in [0.05, 0.1) is 0 Å². The highest BCUT2D eigenvalue weighted by Crippen LogP contribution is 2.30. The van der Waals surface area contributed by atoms with E-state index in [0.717, 1.165) is 36.7 Å². The van der Waals surface area contributed by atoms with Crippen LogP contribution in [0.3, 0.4) is 0 Å². The molecule has 0 unspecified atom stereocenters. The summed E-state index contributed by atoms with van der Waals surface area (Å²) in [6.45, 7) is 7.05. The van der Waals surface area contributed by atoms with Gasteiger partial charge in [0.1, 0.15) is 5.78 Å². The molecule has 2 nitrogen and oxygen atoms in total. The molecule has 20 heavy (non-hydrogen) atoms. The molecule has 1 aromatic carbocycles. The summed E-state index contributed by atoms with van der Waals surface area (Å²) in [5, 5.41) is 0. The van der Waals surface area contributed by atoms with E-state index in [9.17, 15) is 4.79 Å². The first-order chi connectivity index (χ1) is 9.58. The molecule has 108 valence electrons. The molecule has 0 N–H and O–H groups in total. The topological polar surface area (TPSA) is 20.3 Å². The van der Waals surface area contributed by atoms with Gasteiger partial charge in [-0.2, -0.15) is 0 Å². The van der Waals surface area contributed by atoms with Crippen LogP contribution >= 0.6 is 15.9 Å². The number of ketones is 1. The summed E-state index contributed by atoms with van der Waals surface area (Å²) >= 11 is 3.49. The molecule has 1 fully saturated rings. The monoisotopic (exact) mass is 335 g/mol. The Labute approximate surface area is 130 Å². The number of rotatable bonds is 5. The number of benzene rings is 1. The largest absolute Gasteiger partial charge is 0.300 e. The highest BCUT2D eigenvalue weighted by Gasteiger charge is 2.28. The van der Waals surface area contributed by atoms with E-state index in [1.54, 1.807) is 0 Å². The Hall–Kier alpha value is -0.930. The first-order valence-corrected chi connectivity index (χ1v) is 8.03. The van der Waals surface area contributed by atoms with Crippen LogP contribution in [0.15, 0.2) is 41.4 Å². The summed E-state index contributed by atoms with van der Waals surface area (Å²) in [5.74, 6) is 0.409. The minimum Gasteiger partial charge on any atom is -0.300 e. The molecule has 0 radical (unpaired) electrons. The Morgan fingerprint density at radius 3 is 2.50 bits per heavy atom. The summed E-state index contributed by atoms with van der Waals surface area (Å²) in [5.41, 5.74) is 1.32.